The van der Waals surface area contributed by atoms with Gasteiger partial charge in [0, 0.05) is 12.5 Å². The van der Waals surface area contributed by atoms with Crippen molar-refractivity contribution in [2.75, 3.05) is 26.8 Å². The van der Waals surface area contributed by atoms with E-state index in [-0.39, 0.29) is 17.8 Å². The molecule has 0 bridgehead atoms. The lowest BCUT2D eigenvalue weighted by Crippen LogP contribution is -2.39. The zero-order valence-corrected chi connectivity index (χ0v) is 11.5. The fraction of sp³-hybridized carbons (Fsp3) is 0.533. The van der Waals surface area contributed by atoms with E-state index in [1.165, 1.54) is 0 Å². The second kappa shape index (κ2) is 6.57. The molecule has 1 aliphatic heterocycles. The number of hydrogen-bond donors (Lipinski definition) is 1. The van der Waals surface area contributed by atoms with Gasteiger partial charge in [0.25, 0.3) is 0 Å². The normalized spacial score (nSPS) is 22.8. The number of nitrogens with one attached hydrogen (secondary N) is 1. The van der Waals surface area contributed by atoms with E-state index in [0.29, 0.717) is 6.61 Å². The first kappa shape index (κ1) is 13.9. The molecule has 2 unspecified atom stereocenters. The van der Waals surface area contributed by atoms with E-state index in [4.69, 9.17) is 9.47 Å². The molecule has 0 saturated carbocycles. The van der Waals surface area contributed by atoms with Crippen LogP contribution in [0.15, 0.2) is 24.3 Å². The smallest absolute Gasteiger partial charge is 0.309 e. The average Bonchev–Trinajstić information content (AvgIpc) is 2.47. The van der Waals surface area contributed by atoms with Crippen molar-refractivity contribution in [3.05, 3.63) is 29.8 Å². The van der Waals surface area contributed by atoms with E-state index in [1.54, 1.807) is 7.11 Å². The summed E-state index contributed by atoms with van der Waals surface area (Å²) in [6.07, 6.45) is 0.829. The molecule has 0 spiro atoms. The Morgan fingerprint density at radius 2 is 2.11 bits per heavy atom. The van der Waals surface area contributed by atoms with E-state index < -0.39 is 0 Å². The predicted molar refractivity (Wildman–Crippen MR) is 73.3 cm³/mol. The fourth-order valence-electron chi connectivity index (χ4n) is 2.59. The fourth-order valence-corrected chi connectivity index (χ4v) is 2.59. The lowest BCUT2D eigenvalue weighted by molar-refractivity contribution is -0.149. The van der Waals surface area contributed by atoms with Gasteiger partial charge in [-0.05, 0) is 37.6 Å². The molecule has 2 atom stereocenters. The van der Waals surface area contributed by atoms with Crippen LogP contribution in [0.5, 0.6) is 5.75 Å². The molecule has 19 heavy (non-hydrogen) atoms. The average molecular weight is 263 g/mol. The summed E-state index contributed by atoms with van der Waals surface area (Å²) < 4.78 is 10.3. The van der Waals surface area contributed by atoms with Crippen LogP contribution < -0.4 is 10.1 Å². The third-order valence-corrected chi connectivity index (χ3v) is 3.62. The van der Waals surface area contributed by atoms with Gasteiger partial charge in [-0.2, -0.15) is 0 Å². The molecular weight excluding hydrogens is 242 g/mol. The Labute approximate surface area is 114 Å². The van der Waals surface area contributed by atoms with Crippen LogP contribution in [0.25, 0.3) is 0 Å². The summed E-state index contributed by atoms with van der Waals surface area (Å²) in [5, 5.41) is 3.35. The predicted octanol–water partition coefficient (Wildman–Crippen LogP) is 1.95. The number of ether oxygens (including phenoxy) is 2. The number of carbonyl (C=O) groups excluding carboxylic acids is 1. The Hall–Kier alpha value is -1.55. The van der Waals surface area contributed by atoms with E-state index in [9.17, 15) is 4.79 Å². The highest BCUT2D eigenvalue weighted by Gasteiger charge is 2.32. The van der Waals surface area contributed by atoms with Gasteiger partial charge in [0.2, 0.25) is 0 Å². The quantitative estimate of drug-likeness (QED) is 0.844. The third-order valence-electron chi connectivity index (χ3n) is 3.62. The summed E-state index contributed by atoms with van der Waals surface area (Å²) in [7, 11) is 1.65. The van der Waals surface area contributed by atoms with Crippen LogP contribution in [0.3, 0.4) is 0 Å². The lowest BCUT2D eigenvalue weighted by atomic mass is 9.81. The maximum absolute atomic E-state index is 12.0. The largest absolute Gasteiger partial charge is 0.497 e. The van der Waals surface area contributed by atoms with Crippen molar-refractivity contribution < 1.29 is 14.3 Å². The van der Waals surface area contributed by atoms with E-state index in [0.717, 1.165) is 30.8 Å². The Bertz CT molecular complexity index is 416. The Kier molecular flexibility index (Phi) is 4.80. The summed E-state index contributed by atoms with van der Waals surface area (Å²) in [5.74, 6) is 0.887. The number of esters is 1. The van der Waals surface area contributed by atoms with Crippen LogP contribution in [0, 0.1) is 5.92 Å². The van der Waals surface area contributed by atoms with Gasteiger partial charge in [-0.15, -0.1) is 0 Å². The van der Waals surface area contributed by atoms with Crippen molar-refractivity contribution in [1.29, 1.82) is 0 Å². The molecule has 4 heteroatoms. The minimum atomic E-state index is -0.0789. The molecule has 0 aromatic heterocycles. The third kappa shape index (κ3) is 3.26. The van der Waals surface area contributed by atoms with Gasteiger partial charge in [0.15, 0.2) is 0 Å². The molecule has 1 aliphatic rings. The zero-order chi connectivity index (χ0) is 13.7. The SMILES string of the molecule is CCOC(=O)C1CCNCC1c1ccc(OC)cc1. The highest BCUT2D eigenvalue weighted by atomic mass is 16.5. The molecule has 1 aromatic carbocycles. The zero-order valence-electron chi connectivity index (χ0n) is 11.5. The first-order chi connectivity index (χ1) is 9.26. The Morgan fingerprint density at radius 1 is 1.37 bits per heavy atom. The molecule has 2 rings (SSSR count). The maximum atomic E-state index is 12.0. The summed E-state index contributed by atoms with van der Waals surface area (Å²) in [5.41, 5.74) is 1.16. The Morgan fingerprint density at radius 3 is 2.74 bits per heavy atom. The maximum Gasteiger partial charge on any atom is 0.309 e. The van der Waals surface area contributed by atoms with Gasteiger partial charge in [0.1, 0.15) is 5.75 Å². The van der Waals surface area contributed by atoms with Gasteiger partial charge in [-0.3, -0.25) is 4.79 Å². The molecule has 1 saturated heterocycles. The van der Waals surface area contributed by atoms with Crippen molar-refractivity contribution in [2.24, 2.45) is 5.92 Å². The van der Waals surface area contributed by atoms with Gasteiger partial charge in [-0.25, -0.2) is 0 Å². The monoisotopic (exact) mass is 263 g/mol. The molecule has 1 aromatic rings. The molecule has 104 valence electrons. The molecule has 1 N–H and O–H groups in total. The second-order valence-electron chi connectivity index (χ2n) is 4.73. The highest BCUT2D eigenvalue weighted by molar-refractivity contribution is 5.74. The summed E-state index contributed by atoms with van der Waals surface area (Å²) >= 11 is 0. The van der Waals surface area contributed by atoms with Crippen molar-refractivity contribution in [1.82, 2.24) is 5.32 Å². The number of hydrogen-bond acceptors (Lipinski definition) is 4. The van der Waals surface area contributed by atoms with E-state index >= 15 is 0 Å². The van der Waals surface area contributed by atoms with Crippen molar-refractivity contribution in [3.63, 3.8) is 0 Å². The van der Waals surface area contributed by atoms with Gasteiger partial charge in [0.05, 0.1) is 19.6 Å². The van der Waals surface area contributed by atoms with Crippen molar-refractivity contribution >= 4 is 5.97 Å². The first-order valence-corrected chi connectivity index (χ1v) is 6.77. The molecular formula is C15H21NO3. The molecule has 1 fully saturated rings. The van der Waals surface area contributed by atoms with Crippen LogP contribution in [0.4, 0.5) is 0 Å². The van der Waals surface area contributed by atoms with Crippen LogP contribution in [0.2, 0.25) is 0 Å². The van der Waals surface area contributed by atoms with Crippen LogP contribution in [-0.4, -0.2) is 32.8 Å². The first-order valence-electron chi connectivity index (χ1n) is 6.77. The van der Waals surface area contributed by atoms with Gasteiger partial charge >= 0.3 is 5.97 Å². The number of piperidine rings is 1. The minimum Gasteiger partial charge on any atom is -0.497 e. The standard InChI is InChI=1S/C15H21NO3/c1-3-19-15(17)13-8-9-16-10-14(13)11-4-6-12(18-2)7-5-11/h4-7,13-14,16H,3,8-10H2,1-2H3. The summed E-state index contributed by atoms with van der Waals surface area (Å²) in [4.78, 5) is 12.0. The van der Waals surface area contributed by atoms with Crippen LogP contribution in [-0.2, 0) is 9.53 Å². The number of benzene rings is 1. The van der Waals surface area contributed by atoms with Crippen molar-refractivity contribution in [3.8, 4) is 5.75 Å². The molecule has 0 amide bonds. The second-order valence-corrected chi connectivity index (χ2v) is 4.73. The van der Waals surface area contributed by atoms with E-state index in [2.05, 4.69) is 5.32 Å². The number of rotatable bonds is 4. The highest BCUT2D eigenvalue weighted by Crippen LogP contribution is 2.31. The van der Waals surface area contributed by atoms with Gasteiger partial charge in [-0.1, -0.05) is 12.1 Å². The van der Waals surface area contributed by atoms with Crippen molar-refractivity contribution in [2.45, 2.75) is 19.3 Å². The molecule has 1 heterocycles. The number of carbonyl (C=O) groups is 1. The van der Waals surface area contributed by atoms with Gasteiger partial charge < -0.3 is 14.8 Å². The molecule has 4 nitrogen and oxygen atoms in total. The molecule has 0 aliphatic carbocycles. The van der Waals surface area contributed by atoms with E-state index in [1.807, 2.05) is 31.2 Å². The number of methoxy groups -OCH3 is 1. The summed E-state index contributed by atoms with van der Waals surface area (Å²) in [6.45, 7) is 3.98. The topological polar surface area (TPSA) is 47.6 Å². The lowest BCUT2D eigenvalue weighted by Gasteiger charge is -2.30. The summed E-state index contributed by atoms with van der Waals surface area (Å²) in [6, 6.07) is 7.93. The Balaban J connectivity index is 2.15. The van der Waals surface area contributed by atoms with Crippen LogP contribution >= 0.6 is 0 Å². The van der Waals surface area contributed by atoms with Crippen LogP contribution in [0.1, 0.15) is 24.8 Å². The molecule has 0 radical (unpaired) electrons. The minimum absolute atomic E-state index is 0.0467.